The molecule has 0 atom stereocenters. The Hall–Kier alpha value is -2.77. The van der Waals surface area contributed by atoms with E-state index >= 15 is 0 Å². The van der Waals surface area contributed by atoms with Gasteiger partial charge in [0.2, 0.25) is 5.91 Å². The van der Waals surface area contributed by atoms with Gasteiger partial charge < -0.3 is 11.1 Å². The Morgan fingerprint density at radius 3 is 2.76 bits per heavy atom. The molecule has 110 valence electrons. The molecule has 0 saturated carbocycles. The van der Waals surface area contributed by atoms with Crippen LogP contribution < -0.4 is 11.1 Å². The normalized spacial score (nSPS) is 11.3. The van der Waals surface area contributed by atoms with Crippen LogP contribution in [-0.4, -0.2) is 26.3 Å². The predicted octanol–water partition coefficient (Wildman–Crippen LogP) is 1.60. The van der Waals surface area contributed by atoms with Gasteiger partial charge >= 0.3 is 0 Å². The first-order valence-corrected chi connectivity index (χ1v) is 6.24. The van der Waals surface area contributed by atoms with E-state index in [1.165, 1.54) is 18.5 Å². The highest BCUT2D eigenvalue weighted by Gasteiger charge is 2.22. The number of anilines is 1. The number of nitro groups is 1. The number of hydrogen-bond donors (Lipinski definition) is 2. The Morgan fingerprint density at radius 2 is 2.14 bits per heavy atom. The summed E-state index contributed by atoms with van der Waals surface area (Å²) in [6.07, 6.45) is 1.46. The van der Waals surface area contributed by atoms with Crippen LogP contribution in [-0.2, 0) is 4.79 Å². The third kappa shape index (κ3) is 3.41. The van der Waals surface area contributed by atoms with Gasteiger partial charge in [0, 0.05) is 29.5 Å². The highest BCUT2D eigenvalue weighted by molar-refractivity contribution is 5.91. The molecular weight excluding hydrogens is 274 g/mol. The van der Waals surface area contributed by atoms with Gasteiger partial charge in [-0.2, -0.15) is 0 Å². The van der Waals surface area contributed by atoms with E-state index in [0.29, 0.717) is 16.7 Å². The minimum absolute atomic E-state index is 0.0481. The molecule has 3 N–H and O–H groups in total. The number of primary amides is 1. The molecule has 1 aromatic carbocycles. The fraction of sp³-hybridized carbons (Fsp3) is 0.308. The van der Waals surface area contributed by atoms with Gasteiger partial charge in [0.25, 0.3) is 5.69 Å². The zero-order valence-electron chi connectivity index (χ0n) is 11.7. The lowest BCUT2D eigenvalue weighted by atomic mass is 10.00. The first-order chi connectivity index (χ1) is 9.78. The van der Waals surface area contributed by atoms with E-state index in [1.54, 1.807) is 19.9 Å². The molecule has 8 nitrogen and oxygen atoms in total. The Bertz CT molecular complexity index is 714. The smallest absolute Gasteiger partial charge is 0.270 e. The second-order valence-corrected chi connectivity index (χ2v) is 5.33. The fourth-order valence-electron chi connectivity index (χ4n) is 2.06. The number of amides is 1. The van der Waals surface area contributed by atoms with Crippen molar-refractivity contribution >= 4 is 28.3 Å². The maximum Gasteiger partial charge on any atom is 0.270 e. The SMILES string of the molecule is CC(C)(CC(N)=O)Nc1ncnc2ccc([N+](=O)[O-])cc12. The molecule has 8 heteroatoms. The van der Waals surface area contributed by atoms with Gasteiger partial charge in [0.15, 0.2) is 0 Å². The number of non-ortho nitro benzene ring substituents is 1. The van der Waals surface area contributed by atoms with Crippen molar-refractivity contribution in [1.29, 1.82) is 0 Å². The molecule has 1 heterocycles. The van der Waals surface area contributed by atoms with E-state index in [2.05, 4.69) is 15.3 Å². The Balaban J connectivity index is 2.46. The molecule has 0 fully saturated rings. The van der Waals surface area contributed by atoms with Crippen molar-refractivity contribution in [1.82, 2.24) is 9.97 Å². The number of aromatic nitrogens is 2. The number of nitrogens with two attached hydrogens (primary N) is 1. The molecule has 0 saturated heterocycles. The van der Waals surface area contributed by atoms with Crippen molar-refractivity contribution in [3.63, 3.8) is 0 Å². The molecule has 0 radical (unpaired) electrons. The van der Waals surface area contributed by atoms with E-state index in [1.807, 2.05) is 0 Å². The van der Waals surface area contributed by atoms with Gasteiger partial charge in [-0.05, 0) is 19.9 Å². The molecule has 21 heavy (non-hydrogen) atoms. The van der Waals surface area contributed by atoms with Gasteiger partial charge in [0.05, 0.1) is 10.4 Å². The summed E-state index contributed by atoms with van der Waals surface area (Å²) in [4.78, 5) is 29.6. The minimum atomic E-state index is -0.627. The molecule has 1 aromatic heterocycles. The highest BCUT2D eigenvalue weighted by atomic mass is 16.6. The number of nitro benzene ring substituents is 1. The number of benzene rings is 1. The molecule has 0 unspecified atom stereocenters. The summed E-state index contributed by atoms with van der Waals surface area (Å²) in [7, 11) is 0. The third-order valence-corrected chi connectivity index (χ3v) is 2.90. The van der Waals surface area contributed by atoms with Gasteiger partial charge in [-0.25, -0.2) is 9.97 Å². The summed E-state index contributed by atoms with van der Waals surface area (Å²) in [6, 6.07) is 4.34. The van der Waals surface area contributed by atoms with E-state index in [0.717, 1.165) is 0 Å². The van der Waals surface area contributed by atoms with Crippen LogP contribution in [0.25, 0.3) is 10.9 Å². The number of carbonyl (C=O) groups is 1. The van der Waals surface area contributed by atoms with Gasteiger partial charge in [0.1, 0.15) is 12.1 Å². The number of nitrogens with zero attached hydrogens (tertiary/aromatic N) is 3. The number of fused-ring (bicyclic) bond motifs is 1. The first kappa shape index (κ1) is 14.6. The van der Waals surface area contributed by atoms with Crippen molar-refractivity contribution in [2.24, 2.45) is 5.73 Å². The Labute approximate surface area is 120 Å². The third-order valence-electron chi connectivity index (χ3n) is 2.90. The topological polar surface area (TPSA) is 124 Å². The van der Waals surface area contributed by atoms with E-state index in [4.69, 9.17) is 5.73 Å². The molecule has 0 aliphatic rings. The fourth-order valence-corrected chi connectivity index (χ4v) is 2.06. The molecule has 0 aliphatic heterocycles. The van der Waals surface area contributed by atoms with Crippen molar-refractivity contribution in [2.75, 3.05) is 5.32 Å². The van der Waals surface area contributed by atoms with Crippen LogP contribution in [0.3, 0.4) is 0 Å². The standard InChI is InChI=1S/C13H15N5O3/c1-13(2,6-11(14)19)17-12-9-5-8(18(20)21)3-4-10(9)15-7-16-12/h3-5,7H,6H2,1-2H3,(H2,14,19)(H,15,16,17). The maximum atomic E-state index is 11.1. The quantitative estimate of drug-likeness (QED) is 0.636. The second-order valence-electron chi connectivity index (χ2n) is 5.33. The maximum absolute atomic E-state index is 11.1. The predicted molar refractivity (Wildman–Crippen MR) is 77.7 cm³/mol. The molecular formula is C13H15N5O3. The lowest BCUT2D eigenvalue weighted by Gasteiger charge is -2.25. The highest BCUT2D eigenvalue weighted by Crippen LogP contribution is 2.26. The largest absolute Gasteiger partial charge is 0.370 e. The summed E-state index contributed by atoms with van der Waals surface area (Å²) >= 11 is 0. The Morgan fingerprint density at radius 1 is 1.43 bits per heavy atom. The number of nitrogens with one attached hydrogen (secondary N) is 1. The van der Waals surface area contributed by atoms with Crippen molar-refractivity contribution in [3.8, 4) is 0 Å². The van der Waals surface area contributed by atoms with Crippen LogP contribution in [0.15, 0.2) is 24.5 Å². The van der Waals surface area contributed by atoms with E-state index in [9.17, 15) is 14.9 Å². The van der Waals surface area contributed by atoms with Crippen LogP contribution in [0.1, 0.15) is 20.3 Å². The first-order valence-electron chi connectivity index (χ1n) is 6.24. The molecule has 0 bridgehead atoms. The summed E-state index contributed by atoms with van der Waals surface area (Å²) < 4.78 is 0. The molecule has 1 amide bonds. The van der Waals surface area contributed by atoms with Crippen molar-refractivity contribution in [2.45, 2.75) is 25.8 Å². The molecule has 2 aromatic rings. The number of rotatable bonds is 5. The van der Waals surface area contributed by atoms with Crippen LogP contribution in [0.4, 0.5) is 11.5 Å². The summed E-state index contributed by atoms with van der Waals surface area (Å²) in [5.74, 6) is -0.0215. The number of hydrogen-bond acceptors (Lipinski definition) is 6. The lowest BCUT2D eigenvalue weighted by molar-refractivity contribution is -0.384. The van der Waals surface area contributed by atoms with Crippen LogP contribution in [0.2, 0.25) is 0 Å². The molecule has 0 spiro atoms. The monoisotopic (exact) mass is 289 g/mol. The van der Waals surface area contributed by atoms with Gasteiger partial charge in [-0.1, -0.05) is 0 Å². The summed E-state index contributed by atoms with van der Waals surface area (Å²) in [5, 5.41) is 14.5. The van der Waals surface area contributed by atoms with E-state index < -0.39 is 16.4 Å². The average molecular weight is 289 g/mol. The van der Waals surface area contributed by atoms with Crippen LogP contribution in [0.5, 0.6) is 0 Å². The van der Waals surface area contributed by atoms with Crippen LogP contribution >= 0.6 is 0 Å². The van der Waals surface area contributed by atoms with Crippen molar-refractivity contribution < 1.29 is 9.72 Å². The van der Waals surface area contributed by atoms with Crippen molar-refractivity contribution in [3.05, 3.63) is 34.6 Å². The number of carbonyl (C=O) groups excluding carboxylic acids is 1. The minimum Gasteiger partial charge on any atom is -0.370 e. The Kier molecular flexibility index (Phi) is 3.70. The zero-order valence-corrected chi connectivity index (χ0v) is 11.7. The van der Waals surface area contributed by atoms with Gasteiger partial charge in [-0.15, -0.1) is 0 Å². The molecule has 0 aliphatic carbocycles. The van der Waals surface area contributed by atoms with Crippen LogP contribution in [0, 0.1) is 10.1 Å². The average Bonchev–Trinajstić information content (AvgIpc) is 2.36. The second kappa shape index (κ2) is 5.31. The molecule has 2 rings (SSSR count). The van der Waals surface area contributed by atoms with E-state index in [-0.39, 0.29) is 12.1 Å². The zero-order chi connectivity index (χ0) is 15.6. The lowest BCUT2D eigenvalue weighted by Crippen LogP contribution is -2.36. The summed E-state index contributed by atoms with van der Waals surface area (Å²) in [5.41, 5.74) is 5.11. The summed E-state index contributed by atoms with van der Waals surface area (Å²) in [6.45, 7) is 3.59. The van der Waals surface area contributed by atoms with Gasteiger partial charge in [-0.3, -0.25) is 14.9 Å².